The molecule has 0 aliphatic heterocycles. The number of carboxylic acids is 1. The Labute approximate surface area is 118 Å². The number of nitrogens with one attached hydrogen (secondary N) is 1. The molecule has 6 nitrogen and oxygen atoms in total. The molecule has 0 fully saturated rings. The van der Waals surface area contributed by atoms with Gasteiger partial charge in [-0.05, 0) is 37.6 Å². The molecule has 2 N–H and O–H groups in total. The van der Waals surface area contributed by atoms with Gasteiger partial charge in [0.05, 0.1) is 5.69 Å². The number of hydrogen-bond acceptors (Lipinski definition) is 3. The van der Waals surface area contributed by atoms with E-state index in [9.17, 15) is 13.2 Å². The molecule has 0 spiro atoms. The molecule has 1 aromatic rings. The lowest BCUT2D eigenvalue weighted by molar-refractivity contribution is -0.131. The van der Waals surface area contributed by atoms with Crippen LogP contribution in [0.25, 0.3) is 6.08 Å². The van der Waals surface area contributed by atoms with Gasteiger partial charge in [-0.15, -0.1) is 0 Å². The van der Waals surface area contributed by atoms with E-state index in [2.05, 4.69) is 4.72 Å². The molecule has 1 aromatic carbocycles. The van der Waals surface area contributed by atoms with Crippen LogP contribution in [0.3, 0.4) is 0 Å². The number of anilines is 1. The normalized spacial score (nSPS) is 12.2. The lowest BCUT2D eigenvalue weighted by Gasteiger charge is -2.21. The lowest BCUT2D eigenvalue weighted by Crippen LogP contribution is -2.37. The minimum atomic E-state index is -3.62. The van der Waals surface area contributed by atoms with Crippen molar-refractivity contribution in [3.8, 4) is 0 Å². The molecular weight excluding hydrogens is 280 g/mol. The summed E-state index contributed by atoms with van der Waals surface area (Å²) in [6.07, 6.45) is 2.39. The quantitative estimate of drug-likeness (QED) is 0.784. The molecule has 0 heterocycles. The number of rotatable bonds is 6. The Morgan fingerprint density at radius 1 is 1.40 bits per heavy atom. The maximum atomic E-state index is 12.0. The average Bonchev–Trinajstić information content (AvgIpc) is 2.35. The first-order chi connectivity index (χ1) is 9.22. The minimum Gasteiger partial charge on any atom is -0.478 e. The van der Waals surface area contributed by atoms with E-state index in [1.807, 2.05) is 0 Å². The molecule has 0 aliphatic carbocycles. The second-order valence-corrected chi connectivity index (χ2v) is 6.24. The van der Waals surface area contributed by atoms with Crippen LogP contribution in [0, 0.1) is 0 Å². The van der Waals surface area contributed by atoms with Gasteiger partial charge in [-0.3, -0.25) is 4.72 Å². The first-order valence-corrected chi connectivity index (χ1v) is 7.43. The van der Waals surface area contributed by atoms with Gasteiger partial charge in [-0.25, -0.2) is 4.79 Å². The summed E-state index contributed by atoms with van der Waals surface area (Å²) in [6, 6.07) is 6.33. The van der Waals surface area contributed by atoms with Crippen LogP contribution in [-0.4, -0.2) is 36.9 Å². The molecule has 0 aromatic heterocycles. The molecule has 110 valence electrons. The fourth-order valence-electron chi connectivity index (χ4n) is 1.37. The van der Waals surface area contributed by atoms with Crippen LogP contribution in [-0.2, 0) is 15.0 Å². The van der Waals surface area contributed by atoms with Crippen LogP contribution >= 0.6 is 0 Å². The van der Waals surface area contributed by atoms with Crippen molar-refractivity contribution in [1.82, 2.24) is 4.31 Å². The summed E-state index contributed by atoms with van der Waals surface area (Å²) in [7, 11) is -2.13. The predicted octanol–water partition coefficient (Wildman–Crippen LogP) is 1.78. The topological polar surface area (TPSA) is 86.7 Å². The molecule has 0 saturated carbocycles. The van der Waals surface area contributed by atoms with E-state index >= 15 is 0 Å². The molecule has 7 heteroatoms. The highest BCUT2D eigenvalue weighted by Crippen LogP contribution is 2.15. The van der Waals surface area contributed by atoms with Crippen LogP contribution < -0.4 is 4.72 Å². The van der Waals surface area contributed by atoms with E-state index in [1.165, 1.54) is 17.4 Å². The van der Waals surface area contributed by atoms with E-state index in [-0.39, 0.29) is 6.04 Å². The first-order valence-electron chi connectivity index (χ1n) is 5.99. The molecule has 0 radical (unpaired) electrons. The van der Waals surface area contributed by atoms with Crippen LogP contribution in [0.15, 0.2) is 30.3 Å². The number of nitrogens with zero attached hydrogens (tertiary/aromatic N) is 1. The van der Waals surface area contributed by atoms with Crippen molar-refractivity contribution >= 4 is 27.9 Å². The summed E-state index contributed by atoms with van der Waals surface area (Å²) < 4.78 is 27.7. The van der Waals surface area contributed by atoms with Crippen LogP contribution in [0.2, 0.25) is 0 Å². The summed E-state index contributed by atoms with van der Waals surface area (Å²) in [5, 5.41) is 8.56. The van der Waals surface area contributed by atoms with Crippen molar-refractivity contribution in [1.29, 1.82) is 0 Å². The maximum absolute atomic E-state index is 12.0. The van der Waals surface area contributed by atoms with Gasteiger partial charge in [0.1, 0.15) is 0 Å². The highest BCUT2D eigenvalue weighted by Gasteiger charge is 2.20. The summed E-state index contributed by atoms with van der Waals surface area (Å²) in [5.74, 6) is -1.06. The van der Waals surface area contributed by atoms with E-state index < -0.39 is 16.2 Å². The van der Waals surface area contributed by atoms with Crippen LogP contribution in [0.1, 0.15) is 19.4 Å². The van der Waals surface area contributed by atoms with Crippen LogP contribution in [0.5, 0.6) is 0 Å². The number of aliphatic carboxylic acids is 1. The van der Waals surface area contributed by atoms with Crippen molar-refractivity contribution in [3.63, 3.8) is 0 Å². The largest absolute Gasteiger partial charge is 0.478 e. The third kappa shape index (κ3) is 4.67. The predicted molar refractivity (Wildman–Crippen MR) is 78.6 cm³/mol. The van der Waals surface area contributed by atoms with Crippen molar-refractivity contribution < 1.29 is 18.3 Å². The summed E-state index contributed by atoms with van der Waals surface area (Å²) in [5.41, 5.74) is 0.977. The van der Waals surface area contributed by atoms with E-state index in [0.717, 1.165) is 6.08 Å². The minimum absolute atomic E-state index is 0.164. The standard InChI is InChI=1S/C13H18N2O4S/c1-10(2)15(3)20(18,19)14-12-6-4-5-11(9-12)7-8-13(16)17/h4-10,14H,1-3H3,(H,16,17)/b8-7+. The molecule has 0 bridgehead atoms. The molecule has 20 heavy (non-hydrogen) atoms. The molecule has 0 unspecified atom stereocenters. The smallest absolute Gasteiger partial charge is 0.328 e. The van der Waals surface area contributed by atoms with Gasteiger partial charge in [0.15, 0.2) is 0 Å². The van der Waals surface area contributed by atoms with Crippen molar-refractivity contribution in [2.45, 2.75) is 19.9 Å². The zero-order chi connectivity index (χ0) is 15.3. The van der Waals surface area contributed by atoms with Crippen molar-refractivity contribution in [3.05, 3.63) is 35.9 Å². The zero-order valence-corrected chi connectivity index (χ0v) is 12.4. The molecule has 0 saturated heterocycles. The van der Waals surface area contributed by atoms with Gasteiger partial charge in [0.2, 0.25) is 0 Å². The Balaban J connectivity index is 2.94. The zero-order valence-electron chi connectivity index (χ0n) is 11.6. The van der Waals surface area contributed by atoms with E-state index in [4.69, 9.17) is 5.11 Å². The number of benzene rings is 1. The average molecular weight is 298 g/mol. The van der Waals surface area contributed by atoms with Crippen LogP contribution in [0.4, 0.5) is 5.69 Å². The third-order valence-corrected chi connectivity index (χ3v) is 4.33. The SMILES string of the molecule is CC(C)N(C)S(=O)(=O)Nc1cccc(/C=C/C(=O)O)c1. The highest BCUT2D eigenvalue weighted by molar-refractivity contribution is 7.90. The summed E-state index contributed by atoms with van der Waals surface area (Å²) in [6.45, 7) is 3.54. The Morgan fingerprint density at radius 2 is 2.05 bits per heavy atom. The monoisotopic (exact) mass is 298 g/mol. The van der Waals surface area contributed by atoms with Gasteiger partial charge in [-0.2, -0.15) is 12.7 Å². The van der Waals surface area contributed by atoms with Crippen molar-refractivity contribution in [2.75, 3.05) is 11.8 Å². The molecular formula is C13H18N2O4S. The molecule has 0 amide bonds. The second-order valence-electron chi connectivity index (χ2n) is 4.51. The maximum Gasteiger partial charge on any atom is 0.328 e. The number of hydrogen-bond donors (Lipinski definition) is 2. The molecule has 0 aliphatic rings. The second kappa shape index (κ2) is 6.53. The summed E-state index contributed by atoms with van der Waals surface area (Å²) >= 11 is 0. The Morgan fingerprint density at radius 3 is 2.60 bits per heavy atom. The van der Waals surface area contributed by atoms with Gasteiger partial charge >= 0.3 is 16.2 Å². The van der Waals surface area contributed by atoms with Gasteiger partial charge in [0, 0.05) is 19.2 Å². The third-order valence-electron chi connectivity index (χ3n) is 2.66. The molecule has 0 atom stereocenters. The van der Waals surface area contributed by atoms with Gasteiger partial charge < -0.3 is 5.11 Å². The Bertz CT molecular complexity index is 609. The number of carboxylic acid groups (broad SMARTS) is 1. The van der Waals surface area contributed by atoms with Gasteiger partial charge in [0.25, 0.3) is 0 Å². The first kappa shape index (κ1) is 16.2. The Hall–Kier alpha value is -1.86. The van der Waals surface area contributed by atoms with Gasteiger partial charge in [-0.1, -0.05) is 12.1 Å². The fraction of sp³-hybridized carbons (Fsp3) is 0.308. The molecule has 1 rings (SSSR count). The highest BCUT2D eigenvalue weighted by atomic mass is 32.2. The van der Waals surface area contributed by atoms with Crippen molar-refractivity contribution in [2.24, 2.45) is 0 Å². The number of carbonyl (C=O) groups is 1. The van der Waals surface area contributed by atoms with E-state index in [1.54, 1.807) is 38.1 Å². The summed E-state index contributed by atoms with van der Waals surface area (Å²) in [4.78, 5) is 10.4. The van der Waals surface area contributed by atoms with E-state index in [0.29, 0.717) is 11.3 Å². The Kier molecular flexibility index (Phi) is 5.29. The fourth-order valence-corrected chi connectivity index (χ4v) is 2.50. The lowest BCUT2D eigenvalue weighted by atomic mass is 10.2.